The van der Waals surface area contributed by atoms with E-state index in [2.05, 4.69) is 10.6 Å². The third kappa shape index (κ3) is 3.74. The summed E-state index contributed by atoms with van der Waals surface area (Å²) in [6.45, 7) is 2.50. The van der Waals surface area contributed by atoms with Crippen molar-refractivity contribution in [3.63, 3.8) is 0 Å². The summed E-state index contributed by atoms with van der Waals surface area (Å²) in [6, 6.07) is -0.641. The molecule has 80 valence electrons. The first-order valence-electron chi connectivity index (χ1n) is 4.93. The van der Waals surface area contributed by atoms with Crippen molar-refractivity contribution in [2.24, 2.45) is 0 Å². The van der Waals surface area contributed by atoms with Gasteiger partial charge < -0.3 is 15.7 Å². The summed E-state index contributed by atoms with van der Waals surface area (Å²) in [6.07, 6.45) is 3.55. The molecule has 2 rings (SSSR count). The summed E-state index contributed by atoms with van der Waals surface area (Å²) in [7, 11) is 0. The number of hydrogen-bond acceptors (Lipinski definition) is 3. The van der Waals surface area contributed by atoms with Gasteiger partial charge in [-0.2, -0.15) is 0 Å². The lowest BCUT2D eigenvalue weighted by atomic mass is 10.2. The minimum atomic E-state index is -0.944. The quantitative estimate of drug-likeness (QED) is 0.544. The molecule has 1 atom stereocenters. The Morgan fingerprint density at radius 3 is 2.21 bits per heavy atom. The van der Waals surface area contributed by atoms with E-state index in [1.165, 1.54) is 25.9 Å². The summed E-state index contributed by atoms with van der Waals surface area (Å²) in [5.74, 6) is -1.11. The number of carboxylic acid groups (broad SMARTS) is 1. The van der Waals surface area contributed by atoms with Crippen LogP contribution in [0.15, 0.2) is 0 Å². The highest BCUT2D eigenvalue weighted by Gasteiger charge is 2.26. The molecule has 0 aromatic rings. The number of nitrogens with one attached hydrogen (secondary N) is 2. The van der Waals surface area contributed by atoms with Crippen LogP contribution >= 0.6 is 0 Å². The average Bonchev–Trinajstić information content (AvgIpc) is 2.74. The molecule has 0 spiro atoms. The zero-order valence-electron chi connectivity index (χ0n) is 8.08. The zero-order chi connectivity index (χ0) is 10.4. The maximum absolute atomic E-state index is 10.4. The van der Waals surface area contributed by atoms with E-state index in [9.17, 15) is 9.59 Å². The van der Waals surface area contributed by atoms with Gasteiger partial charge in [-0.1, -0.05) is 0 Å². The van der Waals surface area contributed by atoms with Crippen LogP contribution in [0.3, 0.4) is 0 Å². The minimum Gasteiger partial charge on any atom is -0.480 e. The molecule has 2 aliphatic heterocycles. The van der Waals surface area contributed by atoms with E-state index in [0.717, 1.165) is 0 Å². The molecule has 2 fully saturated rings. The SMILES string of the molecule is C1CCNC1.O=C1CC[C@@H](C(=O)O)N1. The van der Waals surface area contributed by atoms with Gasteiger partial charge in [0.15, 0.2) is 0 Å². The Labute approximate surface area is 82.9 Å². The van der Waals surface area contributed by atoms with Gasteiger partial charge in [-0.05, 0) is 32.4 Å². The van der Waals surface area contributed by atoms with Crippen molar-refractivity contribution < 1.29 is 14.7 Å². The van der Waals surface area contributed by atoms with Crippen LogP contribution < -0.4 is 10.6 Å². The summed E-state index contributed by atoms with van der Waals surface area (Å²) in [4.78, 5) is 20.5. The average molecular weight is 200 g/mol. The highest BCUT2D eigenvalue weighted by molar-refractivity contribution is 5.87. The van der Waals surface area contributed by atoms with Gasteiger partial charge in [-0.15, -0.1) is 0 Å². The first kappa shape index (κ1) is 11.0. The molecule has 0 radical (unpaired) electrons. The van der Waals surface area contributed by atoms with Crippen molar-refractivity contribution in [1.29, 1.82) is 0 Å². The molecule has 0 aromatic carbocycles. The van der Waals surface area contributed by atoms with E-state index in [-0.39, 0.29) is 5.91 Å². The lowest BCUT2D eigenvalue weighted by molar-refractivity contribution is -0.140. The van der Waals surface area contributed by atoms with Gasteiger partial charge >= 0.3 is 5.97 Å². The van der Waals surface area contributed by atoms with E-state index in [1.807, 2.05) is 0 Å². The highest BCUT2D eigenvalue weighted by atomic mass is 16.4. The molecule has 0 aromatic heterocycles. The van der Waals surface area contributed by atoms with Gasteiger partial charge in [0.05, 0.1) is 0 Å². The van der Waals surface area contributed by atoms with Crippen molar-refractivity contribution in [3.8, 4) is 0 Å². The third-order valence-electron chi connectivity index (χ3n) is 2.25. The second-order valence-electron chi connectivity index (χ2n) is 3.45. The molecular weight excluding hydrogens is 184 g/mol. The normalized spacial score (nSPS) is 25.1. The summed E-state index contributed by atoms with van der Waals surface area (Å²) in [5.41, 5.74) is 0. The number of hydrogen-bond donors (Lipinski definition) is 3. The highest BCUT2D eigenvalue weighted by Crippen LogP contribution is 2.05. The summed E-state index contributed by atoms with van der Waals surface area (Å²) >= 11 is 0. The van der Waals surface area contributed by atoms with Crippen molar-refractivity contribution in [1.82, 2.24) is 10.6 Å². The van der Waals surface area contributed by atoms with Crippen LogP contribution in [0, 0.1) is 0 Å². The Kier molecular flexibility index (Phi) is 4.39. The molecule has 14 heavy (non-hydrogen) atoms. The maximum atomic E-state index is 10.4. The van der Waals surface area contributed by atoms with Gasteiger partial charge in [-0.3, -0.25) is 4.79 Å². The monoisotopic (exact) mass is 200 g/mol. The molecule has 5 heteroatoms. The number of carbonyl (C=O) groups excluding carboxylic acids is 1. The Bertz CT molecular complexity index is 206. The van der Waals surface area contributed by atoms with Crippen LogP contribution in [0.25, 0.3) is 0 Å². The fourth-order valence-corrected chi connectivity index (χ4v) is 1.42. The van der Waals surface area contributed by atoms with E-state index in [0.29, 0.717) is 12.8 Å². The van der Waals surface area contributed by atoms with Gasteiger partial charge in [0.25, 0.3) is 0 Å². The molecule has 5 nitrogen and oxygen atoms in total. The van der Waals surface area contributed by atoms with Gasteiger partial charge in [-0.25, -0.2) is 4.79 Å². The lowest BCUT2D eigenvalue weighted by Crippen LogP contribution is -2.32. The fraction of sp³-hybridized carbons (Fsp3) is 0.778. The van der Waals surface area contributed by atoms with E-state index in [4.69, 9.17) is 5.11 Å². The molecule has 0 bridgehead atoms. The van der Waals surface area contributed by atoms with Crippen LogP contribution in [0.2, 0.25) is 0 Å². The second-order valence-corrected chi connectivity index (χ2v) is 3.45. The van der Waals surface area contributed by atoms with E-state index in [1.54, 1.807) is 0 Å². The van der Waals surface area contributed by atoms with E-state index < -0.39 is 12.0 Å². The van der Waals surface area contributed by atoms with Gasteiger partial charge in [0.1, 0.15) is 6.04 Å². The largest absolute Gasteiger partial charge is 0.480 e. The second kappa shape index (κ2) is 5.59. The van der Waals surface area contributed by atoms with Crippen molar-refractivity contribution >= 4 is 11.9 Å². The molecular formula is C9H16N2O3. The first-order chi connectivity index (χ1) is 6.70. The third-order valence-corrected chi connectivity index (χ3v) is 2.25. The Balaban J connectivity index is 0.000000165. The predicted octanol–water partition coefficient (Wildman–Crippen LogP) is -0.281. The number of aliphatic carboxylic acids is 1. The summed E-state index contributed by atoms with van der Waals surface area (Å²) in [5, 5.41) is 13.9. The van der Waals surface area contributed by atoms with E-state index >= 15 is 0 Å². The van der Waals surface area contributed by atoms with Gasteiger partial charge in [0, 0.05) is 6.42 Å². The molecule has 1 amide bonds. The van der Waals surface area contributed by atoms with Crippen LogP contribution in [0.5, 0.6) is 0 Å². The molecule has 2 heterocycles. The summed E-state index contributed by atoms with van der Waals surface area (Å²) < 4.78 is 0. The number of rotatable bonds is 1. The number of carbonyl (C=O) groups is 2. The smallest absolute Gasteiger partial charge is 0.326 e. The molecule has 0 aliphatic carbocycles. The van der Waals surface area contributed by atoms with Crippen LogP contribution in [0.4, 0.5) is 0 Å². The number of amides is 1. The van der Waals surface area contributed by atoms with Crippen LogP contribution in [0.1, 0.15) is 25.7 Å². The standard InChI is InChI=1S/C5H7NO3.C4H9N/c7-4-2-1-3(6-4)5(8)9;1-2-4-5-3-1/h3H,1-2H2,(H,6,7)(H,8,9);5H,1-4H2/t3-;/m0./s1. The van der Waals surface area contributed by atoms with Gasteiger partial charge in [0.2, 0.25) is 5.91 Å². The molecule has 0 unspecified atom stereocenters. The van der Waals surface area contributed by atoms with Crippen LogP contribution in [-0.2, 0) is 9.59 Å². The number of carboxylic acids is 1. The lowest BCUT2D eigenvalue weighted by Gasteiger charge is -1.99. The Morgan fingerprint density at radius 2 is 2.00 bits per heavy atom. The van der Waals surface area contributed by atoms with Crippen molar-refractivity contribution in [2.45, 2.75) is 31.7 Å². The Hall–Kier alpha value is -1.10. The maximum Gasteiger partial charge on any atom is 0.326 e. The zero-order valence-corrected chi connectivity index (χ0v) is 8.08. The van der Waals surface area contributed by atoms with Crippen molar-refractivity contribution in [2.75, 3.05) is 13.1 Å². The van der Waals surface area contributed by atoms with Crippen molar-refractivity contribution in [3.05, 3.63) is 0 Å². The topological polar surface area (TPSA) is 78.4 Å². The molecule has 2 aliphatic rings. The Morgan fingerprint density at radius 1 is 1.36 bits per heavy atom. The fourth-order valence-electron chi connectivity index (χ4n) is 1.42. The molecule has 0 saturated carbocycles. The first-order valence-corrected chi connectivity index (χ1v) is 4.93. The minimum absolute atomic E-state index is 0.164. The molecule has 2 saturated heterocycles. The van der Waals surface area contributed by atoms with Crippen LogP contribution in [-0.4, -0.2) is 36.1 Å². The molecule has 3 N–H and O–H groups in total. The predicted molar refractivity (Wildman–Crippen MR) is 50.9 cm³/mol.